The van der Waals surface area contributed by atoms with Crippen LogP contribution in [0.5, 0.6) is 0 Å². The molecular weight excluding hydrogens is 338 g/mol. The summed E-state index contributed by atoms with van der Waals surface area (Å²) in [6, 6.07) is 9.63. The predicted molar refractivity (Wildman–Crippen MR) is 97.3 cm³/mol. The van der Waals surface area contributed by atoms with Crippen molar-refractivity contribution in [2.45, 2.75) is 6.92 Å². The number of fused-ring (bicyclic) bond motifs is 1. The number of imidazole rings is 1. The van der Waals surface area contributed by atoms with Crippen molar-refractivity contribution in [1.29, 1.82) is 0 Å². The van der Waals surface area contributed by atoms with Crippen molar-refractivity contribution in [3.63, 3.8) is 0 Å². The first-order valence-electron chi connectivity index (χ1n) is 8.23. The van der Waals surface area contributed by atoms with Gasteiger partial charge in [-0.05, 0) is 31.2 Å². The lowest BCUT2D eigenvalue weighted by Gasteiger charge is -2.36. The molecule has 0 N–H and O–H groups in total. The minimum Gasteiger partial charge on any atom is -0.368 e. The number of aryl methyl sites for hydroxylation is 1. The second-order valence-electron chi connectivity index (χ2n) is 6.09. The molecule has 4 rings (SSSR count). The zero-order valence-electron chi connectivity index (χ0n) is 13.9. The molecule has 1 fully saturated rings. The standard InChI is InChI=1S/C18H18ClN5O/c1-13-16(24-7-3-6-20-18(24)21-13)17(25)23-10-8-22(9-11-23)15-5-2-4-14(19)12-15/h2-7,12H,8-11H2,1H3. The second-order valence-corrected chi connectivity index (χ2v) is 6.53. The van der Waals surface area contributed by atoms with Crippen LogP contribution in [0.15, 0.2) is 42.7 Å². The topological polar surface area (TPSA) is 53.7 Å². The molecule has 3 aromatic rings. The summed E-state index contributed by atoms with van der Waals surface area (Å²) in [6.45, 7) is 4.74. The number of nitrogens with zero attached hydrogens (tertiary/aromatic N) is 5. The van der Waals surface area contributed by atoms with E-state index in [2.05, 4.69) is 14.9 Å². The largest absolute Gasteiger partial charge is 0.368 e. The van der Waals surface area contributed by atoms with Crippen molar-refractivity contribution in [2.24, 2.45) is 0 Å². The zero-order chi connectivity index (χ0) is 17.4. The van der Waals surface area contributed by atoms with E-state index in [0.717, 1.165) is 23.8 Å². The molecule has 2 aromatic heterocycles. The number of aromatic nitrogens is 3. The van der Waals surface area contributed by atoms with Gasteiger partial charge >= 0.3 is 0 Å². The molecule has 3 heterocycles. The summed E-state index contributed by atoms with van der Waals surface area (Å²) in [5.41, 5.74) is 2.40. The maximum atomic E-state index is 13.0. The highest BCUT2D eigenvalue weighted by molar-refractivity contribution is 6.30. The lowest BCUT2D eigenvalue weighted by atomic mass is 10.2. The second kappa shape index (κ2) is 6.37. The van der Waals surface area contributed by atoms with Crippen molar-refractivity contribution in [3.05, 3.63) is 59.1 Å². The molecule has 6 nitrogen and oxygen atoms in total. The first-order chi connectivity index (χ1) is 12.1. The first kappa shape index (κ1) is 15.9. The Bertz CT molecular complexity index is 930. The van der Waals surface area contributed by atoms with E-state index < -0.39 is 0 Å². The van der Waals surface area contributed by atoms with Gasteiger partial charge in [-0.15, -0.1) is 0 Å². The molecule has 0 aliphatic carbocycles. The van der Waals surface area contributed by atoms with Crippen LogP contribution in [-0.2, 0) is 0 Å². The van der Waals surface area contributed by atoms with Crippen molar-refractivity contribution >= 4 is 29.0 Å². The lowest BCUT2D eigenvalue weighted by Crippen LogP contribution is -2.49. The summed E-state index contributed by atoms with van der Waals surface area (Å²) in [6.07, 6.45) is 3.51. The monoisotopic (exact) mass is 355 g/mol. The van der Waals surface area contributed by atoms with E-state index in [1.807, 2.05) is 48.4 Å². The molecule has 1 aromatic carbocycles. The molecule has 0 atom stereocenters. The quantitative estimate of drug-likeness (QED) is 0.709. The molecule has 1 amide bonds. The number of rotatable bonds is 2. The number of hydrogen-bond acceptors (Lipinski definition) is 4. The van der Waals surface area contributed by atoms with Gasteiger partial charge in [0, 0.05) is 49.3 Å². The van der Waals surface area contributed by atoms with Crippen LogP contribution in [0.4, 0.5) is 5.69 Å². The molecule has 7 heteroatoms. The third-order valence-electron chi connectivity index (χ3n) is 4.52. The Morgan fingerprint density at radius 2 is 1.96 bits per heavy atom. The molecule has 0 unspecified atom stereocenters. The molecule has 1 aliphatic rings. The molecule has 1 saturated heterocycles. The first-order valence-corrected chi connectivity index (χ1v) is 8.61. The van der Waals surface area contributed by atoms with Gasteiger partial charge < -0.3 is 9.80 Å². The number of carbonyl (C=O) groups excluding carboxylic acids is 1. The SMILES string of the molecule is Cc1nc2ncccn2c1C(=O)N1CCN(c2cccc(Cl)c2)CC1. The van der Waals surface area contributed by atoms with Gasteiger partial charge in [-0.2, -0.15) is 0 Å². The summed E-state index contributed by atoms with van der Waals surface area (Å²) >= 11 is 6.08. The number of piperazine rings is 1. The molecule has 0 bridgehead atoms. The van der Waals surface area contributed by atoms with E-state index in [-0.39, 0.29) is 5.91 Å². The number of carbonyl (C=O) groups is 1. The summed E-state index contributed by atoms with van der Waals surface area (Å²) in [5.74, 6) is 0.560. The number of anilines is 1. The molecule has 0 spiro atoms. The van der Waals surface area contributed by atoms with E-state index >= 15 is 0 Å². The highest BCUT2D eigenvalue weighted by Crippen LogP contribution is 2.22. The van der Waals surface area contributed by atoms with Gasteiger partial charge in [0.1, 0.15) is 5.69 Å². The van der Waals surface area contributed by atoms with Crippen LogP contribution < -0.4 is 4.90 Å². The van der Waals surface area contributed by atoms with Crippen molar-refractivity contribution < 1.29 is 4.79 Å². The number of benzene rings is 1. The van der Waals surface area contributed by atoms with E-state index in [9.17, 15) is 4.79 Å². The van der Waals surface area contributed by atoms with Crippen molar-refractivity contribution in [2.75, 3.05) is 31.1 Å². The van der Waals surface area contributed by atoms with Gasteiger partial charge in [-0.25, -0.2) is 9.97 Å². The Morgan fingerprint density at radius 3 is 2.72 bits per heavy atom. The molecule has 0 radical (unpaired) electrons. The maximum absolute atomic E-state index is 13.0. The van der Waals surface area contributed by atoms with Gasteiger partial charge in [-0.3, -0.25) is 9.20 Å². The van der Waals surface area contributed by atoms with Crippen LogP contribution in [-0.4, -0.2) is 51.4 Å². The number of amides is 1. The Morgan fingerprint density at radius 1 is 1.16 bits per heavy atom. The summed E-state index contributed by atoms with van der Waals surface area (Å²) < 4.78 is 1.76. The molecule has 128 valence electrons. The fraction of sp³-hybridized carbons (Fsp3) is 0.278. The summed E-state index contributed by atoms with van der Waals surface area (Å²) in [5, 5.41) is 0.727. The Kier molecular flexibility index (Phi) is 4.05. The Labute approximate surface area is 150 Å². The molecule has 25 heavy (non-hydrogen) atoms. The van der Waals surface area contributed by atoms with E-state index in [1.54, 1.807) is 10.6 Å². The van der Waals surface area contributed by atoms with Crippen LogP contribution >= 0.6 is 11.6 Å². The van der Waals surface area contributed by atoms with Crippen LogP contribution in [0.25, 0.3) is 5.78 Å². The van der Waals surface area contributed by atoms with Crippen molar-refractivity contribution in [1.82, 2.24) is 19.3 Å². The third kappa shape index (κ3) is 2.93. The van der Waals surface area contributed by atoms with Gasteiger partial charge in [-0.1, -0.05) is 17.7 Å². The highest BCUT2D eigenvalue weighted by Gasteiger charge is 2.26. The molecular formula is C18H18ClN5O. The van der Waals surface area contributed by atoms with Crippen LogP contribution in [0.3, 0.4) is 0 Å². The van der Waals surface area contributed by atoms with E-state index in [0.29, 0.717) is 30.3 Å². The lowest BCUT2D eigenvalue weighted by molar-refractivity contribution is 0.0739. The smallest absolute Gasteiger partial charge is 0.272 e. The average Bonchev–Trinajstić information content (AvgIpc) is 2.97. The van der Waals surface area contributed by atoms with E-state index in [4.69, 9.17) is 11.6 Å². The Balaban J connectivity index is 1.52. The summed E-state index contributed by atoms with van der Waals surface area (Å²) in [7, 11) is 0. The zero-order valence-corrected chi connectivity index (χ0v) is 14.6. The van der Waals surface area contributed by atoms with Gasteiger partial charge in [0.25, 0.3) is 5.91 Å². The maximum Gasteiger partial charge on any atom is 0.272 e. The minimum absolute atomic E-state index is 0.00347. The third-order valence-corrected chi connectivity index (χ3v) is 4.76. The Hall–Kier alpha value is -2.60. The average molecular weight is 356 g/mol. The number of hydrogen-bond donors (Lipinski definition) is 0. The van der Waals surface area contributed by atoms with Crippen LogP contribution in [0, 0.1) is 6.92 Å². The fourth-order valence-electron chi connectivity index (χ4n) is 3.25. The van der Waals surface area contributed by atoms with Gasteiger partial charge in [0.05, 0.1) is 5.69 Å². The fourth-order valence-corrected chi connectivity index (χ4v) is 3.43. The van der Waals surface area contributed by atoms with Gasteiger partial charge in [0.15, 0.2) is 0 Å². The van der Waals surface area contributed by atoms with E-state index in [1.165, 1.54) is 0 Å². The predicted octanol–water partition coefficient (Wildman–Crippen LogP) is 2.65. The molecule has 1 aliphatic heterocycles. The van der Waals surface area contributed by atoms with Crippen molar-refractivity contribution in [3.8, 4) is 0 Å². The minimum atomic E-state index is 0.00347. The molecule has 0 saturated carbocycles. The normalized spacial score (nSPS) is 15.0. The summed E-state index contributed by atoms with van der Waals surface area (Å²) in [4.78, 5) is 25.7. The van der Waals surface area contributed by atoms with Crippen LogP contribution in [0.1, 0.15) is 16.2 Å². The van der Waals surface area contributed by atoms with Gasteiger partial charge in [0.2, 0.25) is 5.78 Å². The highest BCUT2D eigenvalue weighted by atomic mass is 35.5. The number of halogens is 1. The van der Waals surface area contributed by atoms with Crippen LogP contribution in [0.2, 0.25) is 5.02 Å².